The number of ether oxygens (including phenoxy) is 1. The Morgan fingerprint density at radius 1 is 1.13 bits per heavy atom. The van der Waals surface area contributed by atoms with Gasteiger partial charge in [-0.3, -0.25) is 4.79 Å². The van der Waals surface area contributed by atoms with Crippen molar-refractivity contribution in [1.82, 2.24) is 0 Å². The molecule has 3 aromatic rings. The van der Waals surface area contributed by atoms with Gasteiger partial charge in [-0.05, 0) is 35.7 Å². The summed E-state index contributed by atoms with van der Waals surface area (Å²) in [6, 6.07) is 16.2. The lowest BCUT2D eigenvalue weighted by molar-refractivity contribution is 0.0999. The molecule has 0 saturated heterocycles. The molecule has 116 valence electrons. The Balaban J connectivity index is 2.16. The van der Waals surface area contributed by atoms with Crippen molar-refractivity contribution in [3.8, 4) is 11.5 Å². The monoisotopic (exact) mass is 308 g/mol. The number of nitrogens with two attached hydrogens (primary N) is 1. The maximum absolute atomic E-state index is 11.8. The van der Waals surface area contributed by atoms with Crippen LogP contribution < -0.4 is 15.8 Å². The van der Waals surface area contributed by atoms with Crippen molar-refractivity contribution in [2.24, 2.45) is 5.73 Å². The summed E-state index contributed by atoms with van der Waals surface area (Å²) < 4.78 is 5.13. The average molecular weight is 308 g/mol. The molecular weight excluding hydrogens is 292 g/mol. The van der Waals surface area contributed by atoms with Gasteiger partial charge in [0.2, 0.25) is 0 Å². The van der Waals surface area contributed by atoms with E-state index in [4.69, 9.17) is 10.5 Å². The lowest BCUT2D eigenvalue weighted by atomic mass is 10.0. The first-order valence-electron chi connectivity index (χ1n) is 7.05. The maximum Gasteiger partial charge on any atom is 0.254 e. The van der Waals surface area contributed by atoms with Gasteiger partial charge in [0.05, 0.1) is 12.8 Å². The number of carbonyl (C=O) groups excluding carboxylic acids is 1. The normalized spacial score (nSPS) is 10.5. The summed E-state index contributed by atoms with van der Waals surface area (Å²) in [6.07, 6.45) is 0. The van der Waals surface area contributed by atoms with Crippen molar-refractivity contribution in [2.45, 2.75) is 0 Å². The minimum absolute atomic E-state index is 0.0690. The van der Waals surface area contributed by atoms with Gasteiger partial charge in [-0.2, -0.15) is 0 Å². The van der Waals surface area contributed by atoms with E-state index in [0.717, 1.165) is 22.2 Å². The second-order valence-electron chi connectivity index (χ2n) is 5.08. The van der Waals surface area contributed by atoms with Crippen LogP contribution in [0.3, 0.4) is 0 Å². The van der Waals surface area contributed by atoms with Gasteiger partial charge in [-0.1, -0.05) is 24.3 Å². The van der Waals surface area contributed by atoms with Crippen LogP contribution in [0.15, 0.2) is 54.6 Å². The van der Waals surface area contributed by atoms with E-state index in [-0.39, 0.29) is 11.3 Å². The predicted octanol–water partition coefficient (Wildman–Crippen LogP) is 3.40. The van der Waals surface area contributed by atoms with Crippen LogP contribution in [0.1, 0.15) is 10.4 Å². The molecular formula is C18H16N2O3. The van der Waals surface area contributed by atoms with Crippen LogP contribution in [0.2, 0.25) is 0 Å². The van der Waals surface area contributed by atoms with Crippen LogP contribution in [0.25, 0.3) is 10.8 Å². The lowest BCUT2D eigenvalue weighted by Crippen LogP contribution is -2.14. The number of hydrogen-bond acceptors (Lipinski definition) is 4. The van der Waals surface area contributed by atoms with Gasteiger partial charge in [0.25, 0.3) is 5.91 Å². The van der Waals surface area contributed by atoms with Crippen LogP contribution >= 0.6 is 0 Å². The fourth-order valence-electron chi connectivity index (χ4n) is 2.53. The molecule has 0 aliphatic carbocycles. The van der Waals surface area contributed by atoms with Crippen molar-refractivity contribution in [2.75, 3.05) is 12.4 Å². The molecule has 0 aliphatic rings. The number of amides is 1. The second-order valence-corrected chi connectivity index (χ2v) is 5.08. The number of primary amides is 1. The first-order chi connectivity index (χ1) is 11.1. The molecule has 3 aromatic carbocycles. The fraction of sp³-hybridized carbons (Fsp3) is 0.0556. The van der Waals surface area contributed by atoms with Crippen molar-refractivity contribution in [3.63, 3.8) is 0 Å². The summed E-state index contributed by atoms with van der Waals surface area (Å²) in [5.74, 6) is -0.108. The molecule has 23 heavy (non-hydrogen) atoms. The van der Waals surface area contributed by atoms with Crippen LogP contribution in [-0.4, -0.2) is 18.1 Å². The van der Waals surface area contributed by atoms with Gasteiger partial charge in [-0.15, -0.1) is 0 Å². The number of aromatic hydroxyl groups is 1. The number of phenols is 1. The Hall–Kier alpha value is -3.21. The van der Waals surface area contributed by atoms with Crippen LogP contribution in [0, 0.1) is 0 Å². The van der Waals surface area contributed by atoms with Crippen molar-refractivity contribution >= 4 is 28.1 Å². The first-order valence-corrected chi connectivity index (χ1v) is 7.05. The Morgan fingerprint density at radius 3 is 2.48 bits per heavy atom. The van der Waals surface area contributed by atoms with E-state index >= 15 is 0 Å². The van der Waals surface area contributed by atoms with E-state index < -0.39 is 5.91 Å². The van der Waals surface area contributed by atoms with Gasteiger partial charge in [0, 0.05) is 11.1 Å². The Labute approximate surface area is 133 Å². The number of nitrogens with one attached hydrogen (secondary N) is 1. The van der Waals surface area contributed by atoms with E-state index in [9.17, 15) is 9.90 Å². The highest BCUT2D eigenvalue weighted by atomic mass is 16.5. The highest BCUT2D eigenvalue weighted by Crippen LogP contribution is 2.36. The van der Waals surface area contributed by atoms with Gasteiger partial charge < -0.3 is 20.9 Å². The molecule has 0 aliphatic heterocycles. The van der Waals surface area contributed by atoms with E-state index in [0.29, 0.717) is 5.69 Å². The predicted molar refractivity (Wildman–Crippen MR) is 90.4 cm³/mol. The molecule has 0 heterocycles. The Bertz CT molecular complexity index is 873. The molecule has 0 fully saturated rings. The van der Waals surface area contributed by atoms with Gasteiger partial charge in [-0.25, -0.2) is 0 Å². The molecule has 0 aromatic heterocycles. The molecule has 0 radical (unpaired) electrons. The second kappa shape index (κ2) is 5.88. The summed E-state index contributed by atoms with van der Waals surface area (Å²) in [4.78, 5) is 11.8. The minimum atomic E-state index is -0.690. The molecule has 5 nitrogen and oxygen atoms in total. The van der Waals surface area contributed by atoms with Crippen LogP contribution in [0.5, 0.6) is 11.5 Å². The third-order valence-corrected chi connectivity index (χ3v) is 3.63. The summed E-state index contributed by atoms with van der Waals surface area (Å²) in [6.45, 7) is 0. The number of rotatable bonds is 4. The maximum atomic E-state index is 11.8. The standard InChI is InChI=1S/C18H16N2O3/c1-23-13-8-6-12(7-9-13)20-17-14-5-3-2-4-11(14)10-15(21)16(17)18(19)22/h2-10,20-21H,1H3,(H2,19,22). The van der Waals surface area contributed by atoms with E-state index in [1.165, 1.54) is 6.07 Å². The molecule has 0 spiro atoms. The summed E-state index contributed by atoms with van der Waals surface area (Å²) in [5, 5.41) is 14.9. The zero-order valence-electron chi connectivity index (χ0n) is 12.5. The van der Waals surface area contributed by atoms with Gasteiger partial charge in [0.1, 0.15) is 17.1 Å². The Kier molecular flexibility index (Phi) is 3.76. The van der Waals surface area contributed by atoms with Gasteiger partial charge >= 0.3 is 0 Å². The number of fused-ring (bicyclic) bond motifs is 1. The molecule has 0 bridgehead atoms. The summed E-state index contributed by atoms with van der Waals surface area (Å²) >= 11 is 0. The third-order valence-electron chi connectivity index (χ3n) is 3.63. The van der Waals surface area contributed by atoms with E-state index in [2.05, 4.69) is 5.32 Å². The summed E-state index contributed by atoms with van der Waals surface area (Å²) in [7, 11) is 1.59. The highest BCUT2D eigenvalue weighted by molar-refractivity contribution is 6.11. The Morgan fingerprint density at radius 2 is 1.83 bits per heavy atom. The summed E-state index contributed by atoms with van der Waals surface area (Å²) in [5.41, 5.74) is 6.75. The zero-order chi connectivity index (χ0) is 16.4. The molecule has 1 amide bonds. The SMILES string of the molecule is COc1ccc(Nc2c(C(N)=O)c(O)cc3ccccc23)cc1. The van der Waals surface area contributed by atoms with E-state index in [1.54, 1.807) is 19.2 Å². The molecule has 0 atom stereocenters. The van der Waals surface area contributed by atoms with Crippen molar-refractivity contribution < 1.29 is 14.6 Å². The van der Waals surface area contributed by atoms with Crippen LogP contribution in [0.4, 0.5) is 11.4 Å². The van der Waals surface area contributed by atoms with Crippen molar-refractivity contribution in [3.05, 3.63) is 60.2 Å². The average Bonchev–Trinajstić information content (AvgIpc) is 2.55. The minimum Gasteiger partial charge on any atom is -0.507 e. The molecule has 5 heteroatoms. The smallest absolute Gasteiger partial charge is 0.254 e. The third kappa shape index (κ3) is 2.76. The van der Waals surface area contributed by atoms with Crippen molar-refractivity contribution in [1.29, 1.82) is 0 Å². The molecule has 3 rings (SSSR count). The fourth-order valence-corrected chi connectivity index (χ4v) is 2.53. The number of hydrogen-bond donors (Lipinski definition) is 3. The topological polar surface area (TPSA) is 84.6 Å². The number of benzene rings is 3. The number of methoxy groups -OCH3 is 1. The molecule has 0 saturated carbocycles. The van der Waals surface area contributed by atoms with E-state index in [1.807, 2.05) is 36.4 Å². The van der Waals surface area contributed by atoms with Crippen LogP contribution in [-0.2, 0) is 0 Å². The quantitative estimate of drug-likeness (QED) is 0.689. The van der Waals surface area contributed by atoms with Gasteiger partial charge in [0.15, 0.2) is 0 Å². The number of anilines is 2. The highest BCUT2D eigenvalue weighted by Gasteiger charge is 2.17. The zero-order valence-corrected chi connectivity index (χ0v) is 12.5. The largest absolute Gasteiger partial charge is 0.507 e. The number of carbonyl (C=O) groups is 1. The molecule has 0 unspecified atom stereocenters. The lowest BCUT2D eigenvalue weighted by Gasteiger charge is -2.15. The first kappa shape index (κ1) is 14.7. The molecule has 4 N–H and O–H groups in total.